The number of rotatable bonds is 2. The van der Waals surface area contributed by atoms with Crippen LogP contribution in [0, 0.1) is 5.82 Å². The third kappa shape index (κ3) is 1.42. The van der Waals surface area contributed by atoms with Gasteiger partial charge in [0, 0.05) is 6.54 Å². The number of benzene rings is 1. The van der Waals surface area contributed by atoms with E-state index in [4.69, 9.17) is 0 Å². The van der Waals surface area contributed by atoms with Crippen molar-refractivity contribution < 1.29 is 9.50 Å². The number of halogens is 1. The molecule has 1 atom stereocenters. The molecular formula is C11H14FNO. The average molecular weight is 195 g/mol. The number of hydrogen-bond acceptors (Lipinski definition) is 2. The summed E-state index contributed by atoms with van der Waals surface area (Å²) in [6, 6.07) is 4.61. The van der Waals surface area contributed by atoms with Crippen LogP contribution in [0.2, 0.25) is 0 Å². The molecule has 0 spiro atoms. The van der Waals surface area contributed by atoms with E-state index in [-0.39, 0.29) is 5.82 Å². The largest absolute Gasteiger partial charge is 0.384 e. The summed E-state index contributed by atoms with van der Waals surface area (Å²) in [5, 5.41) is 13.2. The topological polar surface area (TPSA) is 32.3 Å². The van der Waals surface area contributed by atoms with E-state index in [1.165, 1.54) is 12.1 Å². The van der Waals surface area contributed by atoms with Gasteiger partial charge in [-0.05, 0) is 43.1 Å². The molecular weight excluding hydrogens is 181 g/mol. The highest BCUT2D eigenvalue weighted by Gasteiger charge is 2.35. The number of aryl methyl sites for hydroxylation is 1. The summed E-state index contributed by atoms with van der Waals surface area (Å²) in [4.78, 5) is 0. The predicted molar refractivity (Wildman–Crippen MR) is 52.5 cm³/mol. The predicted octanol–water partition coefficient (Wildman–Crippen LogP) is 1.18. The van der Waals surface area contributed by atoms with Crippen LogP contribution in [-0.4, -0.2) is 18.7 Å². The molecule has 0 aromatic heterocycles. The fourth-order valence-electron chi connectivity index (χ4n) is 2.18. The quantitative estimate of drug-likeness (QED) is 0.742. The van der Waals surface area contributed by atoms with Gasteiger partial charge in [0.05, 0.1) is 0 Å². The zero-order valence-corrected chi connectivity index (χ0v) is 8.18. The summed E-state index contributed by atoms with van der Waals surface area (Å²) in [6.45, 7) is 0.519. The van der Waals surface area contributed by atoms with Crippen LogP contribution in [0.15, 0.2) is 18.2 Å². The van der Waals surface area contributed by atoms with Crippen LogP contribution >= 0.6 is 0 Å². The van der Waals surface area contributed by atoms with E-state index in [1.807, 2.05) is 0 Å². The van der Waals surface area contributed by atoms with Crippen molar-refractivity contribution in [1.82, 2.24) is 5.32 Å². The normalized spacial score (nSPS) is 25.1. The first kappa shape index (κ1) is 9.62. The van der Waals surface area contributed by atoms with E-state index in [9.17, 15) is 9.50 Å². The second-order valence-electron chi connectivity index (χ2n) is 3.86. The van der Waals surface area contributed by atoms with E-state index in [2.05, 4.69) is 5.32 Å². The summed E-state index contributed by atoms with van der Waals surface area (Å²) in [5.74, 6) is -0.225. The minimum atomic E-state index is -0.808. The first-order chi connectivity index (χ1) is 6.65. The molecule has 14 heavy (non-hydrogen) atoms. The van der Waals surface area contributed by atoms with Crippen molar-refractivity contribution >= 4 is 0 Å². The maximum Gasteiger partial charge on any atom is 0.123 e. The van der Waals surface area contributed by atoms with Crippen molar-refractivity contribution in [3.63, 3.8) is 0 Å². The van der Waals surface area contributed by atoms with Gasteiger partial charge in [0.1, 0.15) is 11.4 Å². The number of aliphatic hydroxyl groups is 1. The van der Waals surface area contributed by atoms with Gasteiger partial charge in [0.25, 0.3) is 0 Å². The molecule has 1 aromatic rings. The van der Waals surface area contributed by atoms with E-state index in [0.29, 0.717) is 13.0 Å². The Hall–Kier alpha value is -0.930. The molecule has 2 rings (SSSR count). The van der Waals surface area contributed by atoms with E-state index in [0.717, 1.165) is 17.5 Å². The Balaban J connectivity index is 2.39. The van der Waals surface area contributed by atoms with E-state index >= 15 is 0 Å². The zero-order chi connectivity index (χ0) is 10.2. The fraction of sp³-hybridized carbons (Fsp3) is 0.455. The number of nitrogens with one attached hydrogen (secondary N) is 1. The van der Waals surface area contributed by atoms with Gasteiger partial charge >= 0.3 is 0 Å². The molecule has 0 saturated heterocycles. The molecule has 76 valence electrons. The van der Waals surface area contributed by atoms with Crippen molar-refractivity contribution in [1.29, 1.82) is 0 Å². The summed E-state index contributed by atoms with van der Waals surface area (Å²) in [7, 11) is 1.81. The van der Waals surface area contributed by atoms with Crippen LogP contribution in [-0.2, 0) is 12.0 Å². The van der Waals surface area contributed by atoms with Gasteiger partial charge in [-0.1, -0.05) is 6.07 Å². The second-order valence-corrected chi connectivity index (χ2v) is 3.86. The first-order valence-corrected chi connectivity index (χ1v) is 4.81. The molecule has 1 unspecified atom stereocenters. The van der Waals surface area contributed by atoms with E-state index < -0.39 is 5.60 Å². The maximum atomic E-state index is 12.9. The lowest BCUT2D eigenvalue weighted by Gasteiger charge is -2.23. The van der Waals surface area contributed by atoms with Crippen LogP contribution in [0.4, 0.5) is 4.39 Å². The number of fused-ring (bicyclic) bond motifs is 1. The van der Waals surface area contributed by atoms with Crippen LogP contribution in [0.5, 0.6) is 0 Å². The Morgan fingerprint density at radius 2 is 2.36 bits per heavy atom. The summed E-state index contributed by atoms with van der Waals surface area (Å²) >= 11 is 0. The number of hydrogen-bond donors (Lipinski definition) is 2. The third-order valence-electron chi connectivity index (χ3n) is 2.85. The standard InChI is InChI=1S/C11H14FNO/c1-13-7-11(14)5-4-8-6-9(12)2-3-10(8)11/h2-3,6,13-14H,4-5,7H2,1H3. The molecule has 0 amide bonds. The molecule has 1 aromatic carbocycles. The average Bonchev–Trinajstić information content (AvgIpc) is 2.44. The minimum absolute atomic E-state index is 0.225. The molecule has 2 N–H and O–H groups in total. The Kier molecular flexibility index (Phi) is 2.29. The molecule has 0 heterocycles. The molecule has 3 heteroatoms. The Labute approximate surface area is 82.8 Å². The fourth-order valence-corrected chi connectivity index (χ4v) is 2.18. The van der Waals surface area contributed by atoms with Crippen LogP contribution in [0.1, 0.15) is 17.5 Å². The lowest BCUT2D eigenvalue weighted by atomic mass is 9.96. The second kappa shape index (κ2) is 3.33. The van der Waals surface area contributed by atoms with Gasteiger partial charge in [-0.2, -0.15) is 0 Å². The van der Waals surface area contributed by atoms with Crippen molar-refractivity contribution in [3.8, 4) is 0 Å². The van der Waals surface area contributed by atoms with Gasteiger partial charge in [-0.25, -0.2) is 4.39 Å². The van der Waals surface area contributed by atoms with Crippen molar-refractivity contribution in [3.05, 3.63) is 35.1 Å². The molecule has 0 radical (unpaired) electrons. The van der Waals surface area contributed by atoms with Crippen LogP contribution < -0.4 is 5.32 Å². The Morgan fingerprint density at radius 1 is 1.57 bits per heavy atom. The lowest BCUT2D eigenvalue weighted by Crippen LogP contribution is -2.34. The first-order valence-electron chi connectivity index (χ1n) is 4.81. The molecule has 1 aliphatic carbocycles. The Bertz CT molecular complexity index is 353. The van der Waals surface area contributed by atoms with Crippen molar-refractivity contribution in [2.75, 3.05) is 13.6 Å². The molecule has 1 aliphatic rings. The highest BCUT2D eigenvalue weighted by atomic mass is 19.1. The summed E-state index contributed by atoms with van der Waals surface area (Å²) in [5.41, 5.74) is 0.994. The zero-order valence-electron chi connectivity index (χ0n) is 8.18. The molecule has 0 aliphatic heterocycles. The van der Waals surface area contributed by atoms with Crippen molar-refractivity contribution in [2.45, 2.75) is 18.4 Å². The van der Waals surface area contributed by atoms with Crippen LogP contribution in [0.3, 0.4) is 0 Å². The van der Waals surface area contributed by atoms with Crippen LogP contribution in [0.25, 0.3) is 0 Å². The van der Waals surface area contributed by atoms with E-state index in [1.54, 1.807) is 13.1 Å². The third-order valence-corrected chi connectivity index (χ3v) is 2.85. The highest BCUT2D eigenvalue weighted by molar-refractivity contribution is 5.37. The smallest absolute Gasteiger partial charge is 0.123 e. The monoisotopic (exact) mass is 195 g/mol. The minimum Gasteiger partial charge on any atom is -0.384 e. The molecule has 0 bridgehead atoms. The molecule has 2 nitrogen and oxygen atoms in total. The molecule has 0 saturated carbocycles. The molecule has 0 fully saturated rings. The lowest BCUT2D eigenvalue weighted by molar-refractivity contribution is 0.0408. The van der Waals surface area contributed by atoms with Gasteiger partial charge in [-0.3, -0.25) is 0 Å². The Morgan fingerprint density at radius 3 is 3.07 bits per heavy atom. The van der Waals surface area contributed by atoms with Gasteiger partial charge in [0.15, 0.2) is 0 Å². The summed E-state index contributed by atoms with van der Waals surface area (Å²) < 4.78 is 12.9. The van der Waals surface area contributed by atoms with Gasteiger partial charge < -0.3 is 10.4 Å². The van der Waals surface area contributed by atoms with Gasteiger partial charge in [0.2, 0.25) is 0 Å². The van der Waals surface area contributed by atoms with Crippen molar-refractivity contribution in [2.24, 2.45) is 0 Å². The van der Waals surface area contributed by atoms with Gasteiger partial charge in [-0.15, -0.1) is 0 Å². The number of likely N-dealkylation sites (N-methyl/N-ethyl adjacent to an activating group) is 1. The maximum absolute atomic E-state index is 12.9. The highest BCUT2D eigenvalue weighted by Crippen LogP contribution is 2.36. The SMILES string of the molecule is CNCC1(O)CCc2cc(F)ccc21. The summed E-state index contributed by atoms with van der Waals surface area (Å²) in [6.07, 6.45) is 1.43.